The van der Waals surface area contributed by atoms with Gasteiger partial charge in [0, 0.05) is 24.2 Å². The van der Waals surface area contributed by atoms with Crippen molar-refractivity contribution in [1.29, 1.82) is 0 Å². The first-order chi connectivity index (χ1) is 11.7. The van der Waals surface area contributed by atoms with Crippen molar-refractivity contribution in [3.8, 4) is 0 Å². The fourth-order valence-corrected chi connectivity index (χ4v) is 2.85. The van der Waals surface area contributed by atoms with Gasteiger partial charge in [-0.3, -0.25) is 9.59 Å². The minimum absolute atomic E-state index is 0.116. The van der Waals surface area contributed by atoms with Gasteiger partial charge in [0.05, 0.1) is 0 Å². The zero-order valence-corrected chi connectivity index (χ0v) is 14.6. The van der Waals surface area contributed by atoms with Crippen LogP contribution in [0, 0.1) is 0 Å². The van der Waals surface area contributed by atoms with Crippen molar-refractivity contribution < 1.29 is 9.59 Å². The molecule has 1 aromatic rings. The number of carbonyl (C=O) groups is 2. The molecule has 2 rings (SSSR count). The van der Waals surface area contributed by atoms with Gasteiger partial charge >= 0.3 is 0 Å². The smallest absolute Gasteiger partial charge is 0.251 e. The van der Waals surface area contributed by atoms with Gasteiger partial charge in [0.25, 0.3) is 11.8 Å². The molecule has 0 heterocycles. The summed E-state index contributed by atoms with van der Waals surface area (Å²) < 4.78 is 0. The third-order valence-corrected chi connectivity index (χ3v) is 4.32. The van der Waals surface area contributed by atoms with Crippen molar-refractivity contribution in [3.63, 3.8) is 0 Å². The van der Waals surface area contributed by atoms with Crippen LogP contribution in [0.3, 0.4) is 0 Å². The van der Waals surface area contributed by atoms with E-state index in [1.54, 1.807) is 24.3 Å². The van der Waals surface area contributed by atoms with Crippen LogP contribution in [0.25, 0.3) is 0 Å². The Hall–Kier alpha value is -2.10. The Kier molecular flexibility index (Phi) is 7.53. The molecule has 1 aliphatic carbocycles. The number of amides is 2. The summed E-state index contributed by atoms with van der Waals surface area (Å²) in [4.78, 5) is 24.3. The molecule has 2 amide bonds. The maximum absolute atomic E-state index is 12.3. The minimum atomic E-state index is -0.120. The van der Waals surface area contributed by atoms with Crippen LogP contribution in [0.5, 0.6) is 0 Å². The molecule has 0 saturated heterocycles. The Balaban J connectivity index is 1.84. The predicted molar refractivity (Wildman–Crippen MR) is 97.2 cm³/mol. The SMILES string of the molecule is CCCCNC(=O)c1cccc(C(=O)NCCC2=CCCCC2)c1. The molecule has 24 heavy (non-hydrogen) atoms. The van der Waals surface area contributed by atoms with Gasteiger partial charge in [-0.15, -0.1) is 0 Å². The van der Waals surface area contributed by atoms with Crippen LogP contribution < -0.4 is 10.6 Å². The second kappa shape index (κ2) is 9.91. The van der Waals surface area contributed by atoms with Crippen LogP contribution in [0.15, 0.2) is 35.9 Å². The Labute approximate surface area is 144 Å². The molecule has 0 spiro atoms. The number of hydrogen-bond donors (Lipinski definition) is 2. The van der Waals surface area contributed by atoms with Crippen LogP contribution in [0.1, 0.15) is 72.6 Å². The molecule has 0 bridgehead atoms. The van der Waals surface area contributed by atoms with E-state index in [0.717, 1.165) is 25.7 Å². The first kappa shape index (κ1) is 18.2. The lowest BCUT2D eigenvalue weighted by molar-refractivity contribution is 0.0952. The molecule has 0 aromatic heterocycles. The molecule has 130 valence electrons. The maximum Gasteiger partial charge on any atom is 0.251 e. The van der Waals surface area contributed by atoms with E-state index in [2.05, 4.69) is 23.6 Å². The summed E-state index contributed by atoms with van der Waals surface area (Å²) in [5, 5.41) is 5.83. The van der Waals surface area contributed by atoms with Gasteiger partial charge in [-0.1, -0.05) is 31.1 Å². The molecule has 0 radical (unpaired) electrons. The molecule has 0 atom stereocenters. The Morgan fingerprint density at radius 1 is 1.04 bits per heavy atom. The maximum atomic E-state index is 12.3. The summed E-state index contributed by atoms with van der Waals surface area (Å²) in [6.07, 6.45) is 10.1. The third-order valence-electron chi connectivity index (χ3n) is 4.32. The lowest BCUT2D eigenvalue weighted by atomic mass is 9.97. The van der Waals surface area contributed by atoms with Crippen LogP contribution in [0.4, 0.5) is 0 Å². The van der Waals surface area contributed by atoms with E-state index in [1.807, 2.05) is 0 Å². The molecule has 0 aliphatic heterocycles. The van der Waals surface area contributed by atoms with Crippen molar-refractivity contribution in [2.24, 2.45) is 0 Å². The highest BCUT2D eigenvalue weighted by Crippen LogP contribution is 2.19. The fraction of sp³-hybridized carbons (Fsp3) is 0.500. The molecular formula is C20H28N2O2. The normalized spacial score (nSPS) is 14.0. The Bertz CT molecular complexity index is 593. The molecule has 1 aliphatic rings. The van der Waals surface area contributed by atoms with Gasteiger partial charge in [0.15, 0.2) is 0 Å². The number of rotatable bonds is 8. The molecule has 4 nitrogen and oxygen atoms in total. The second-order valence-corrected chi connectivity index (χ2v) is 6.30. The average Bonchev–Trinajstić information content (AvgIpc) is 2.63. The quantitative estimate of drug-likeness (QED) is 0.563. The second-order valence-electron chi connectivity index (χ2n) is 6.30. The van der Waals surface area contributed by atoms with Gasteiger partial charge in [-0.05, 0) is 56.7 Å². The summed E-state index contributed by atoms with van der Waals surface area (Å²) in [5.41, 5.74) is 2.52. The van der Waals surface area contributed by atoms with Crippen molar-refractivity contribution in [1.82, 2.24) is 10.6 Å². The van der Waals surface area contributed by atoms with E-state index in [0.29, 0.717) is 24.2 Å². The number of allylic oxidation sites excluding steroid dienone is 1. The van der Waals surface area contributed by atoms with Gasteiger partial charge in [-0.25, -0.2) is 0 Å². The number of benzene rings is 1. The first-order valence-corrected chi connectivity index (χ1v) is 9.05. The van der Waals surface area contributed by atoms with Gasteiger partial charge in [0.2, 0.25) is 0 Å². The highest BCUT2D eigenvalue weighted by Gasteiger charge is 2.10. The average molecular weight is 328 g/mol. The molecule has 0 saturated carbocycles. The number of nitrogens with one attached hydrogen (secondary N) is 2. The van der Waals surface area contributed by atoms with Crippen LogP contribution >= 0.6 is 0 Å². The third kappa shape index (κ3) is 5.84. The fourth-order valence-electron chi connectivity index (χ4n) is 2.85. The zero-order valence-electron chi connectivity index (χ0n) is 14.6. The number of hydrogen-bond acceptors (Lipinski definition) is 2. The van der Waals surface area contributed by atoms with E-state index in [-0.39, 0.29) is 11.8 Å². The van der Waals surface area contributed by atoms with E-state index in [9.17, 15) is 9.59 Å². The summed E-state index contributed by atoms with van der Waals surface area (Å²) >= 11 is 0. The van der Waals surface area contributed by atoms with E-state index >= 15 is 0 Å². The van der Waals surface area contributed by atoms with E-state index in [1.165, 1.54) is 24.8 Å². The van der Waals surface area contributed by atoms with E-state index in [4.69, 9.17) is 0 Å². The standard InChI is InChI=1S/C20H28N2O2/c1-2-3-13-21-19(23)17-10-7-11-18(15-17)20(24)22-14-12-16-8-5-4-6-9-16/h7-8,10-11,15H,2-6,9,12-14H2,1H3,(H,21,23)(H,22,24). The topological polar surface area (TPSA) is 58.2 Å². The Morgan fingerprint density at radius 3 is 2.38 bits per heavy atom. The van der Waals surface area contributed by atoms with Gasteiger partial charge in [0.1, 0.15) is 0 Å². The highest BCUT2D eigenvalue weighted by atomic mass is 16.2. The first-order valence-electron chi connectivity index (χ1n) is 9.05. The molecule has 1 aromatic carbocycles. The molecule has 0 unspecified atom stereocenters. The highest BCUT2D eigenvalue weighted by molar-refractivity contribution is 5.99. The Morgan fingerprint density at radius 2 is 1.75 bits per heavy atom. The van der Waals surface area contributed by atoms with Crippen LogP contribution in [0.2, 0.25) is 0 Å². The van der Waals surface area contributed by atoms with Crippen molar-refractivity contribution >= 4 is 11.8 Å². The summed E-state index contributed by atoms with van der Waals surface area (Å²) in [7, 11) is 0. The lowest BCUT2D eigenvalue weighted by Crippen LogP contribution is -2.27. The van der Waals surface area contributed by atoms with Crippen molar-refractivity contribution in [2.75, 3.05) is 13.1 Å². The molecule has 4 heteroatoms. The zero-order chi connectivity index (χ0) is 17.2. The minimum Gasteiger partial charge on any atom is -0.352 e. The summed E-state index contributed by atoms with van der Waals surface area (Å²) in [5.74, 6) is -0.236. The number of unbranched alkanes of at least 4 members (excludes halogenated alkanes) is 1. The largest absolute Gasteiger partial charge is 0.352 e. The van der Waals surface area contributed by atoms with Crippen molar-refractivity contribution in [3.05, 3.63) is 47.0 Å². The monoisotopic (exact) mass is 328 g/mol. The number of carbonyl (C=O) groups excluding carboxylic acids is 2. The predicted octanol–water partition coefficient (Wildman–Crippen LogP) is 3.84. The lowest BCUT2D eigenvalue weighted by Gasteiger charge is -2.13. The summed E-state index contributed by atoms with van der Waals surface area (Å²) in [6.45, 7) is 3.40. The molecular weight excluding hydrogens is 300 g/mol. The van der Waals surface area contributed by atoms with E-state index < -0.39 is 0 Å². The molecule has 0 fully saturated rings. The molecule has 2 N–H and O–H groups in total. The van der Waals surface area contributed by atoms with Crippen LogP contribution in [-0.4, -0.2) is 24.9 Å². The summed E-state index contributed by atoms with van der Waals surface area (Å²) in [6, 6.07) is 6.91. The van der Waals surface area contributed by atoms with Gasteiger partial charge in [-0.2, -0.15) is 0 Å². The van der Waals surface area contributed by atoms with Crippen molar-refractivity contribution in [2.45, 2.75) is 51.9 Å². The van der Waals surface area contributed by atoms with Crippen LogP contribution in [-0.2, 0) is 0 Å². The van der Waals surface area contributed by atoms with Gasteiger partial charge < -0.3 is 10.6 Å².